The van der Waals surface area contributed by atoms with E-state index < -0.39 is 5.60 Å². The second-order valence-electron chi connectivity index (χ2n) is 7.06. The first-order valence-corrected chi connectivity index (χ1v) is 8.99. The zero-order chi connectivity index (χ0) is 16.8. The third-order valence-electron chi connectivity index (χ3n) is 5.05. The Balaban J connectivity index is 1.66. The van der Waals surface area contributed by atoms with E-state index in [9.17, 15) is 9.90 Å². The number of amides is 1. The number of carbonyl (C=O) groups is 1. The Morgan fingerprint density at radius 1 is 1.17 bits per heavy atom. The quantitative estimate of drug-likeness (QED) is 0.861. The summed E-state index contributed by atoms with van der Waals surface area (Å²) >= 11 is 0. The van der Waals surface area contributed by atoms with Crippen molar-refractivity contribution in [1.29, 1.82) is 0 Å². The molecule has 0 radical (unpaired) electrons. The van der Waals surface area contributed by atoms with Crippen molar-refractivity contribution in [3.8, 4) is 0 Å². The molecular formula is C19H28N2O3. The molecule has 1 aromatic carbocycles. The Morgan fingerprint density at radius 2 is 1.83 bits per heavy atom. The van der Waals surface area contributed by atoms with E-state index in [4.69, 9.17) is 4.74 Å². The van der Waals surface area contributed by atoms with Crippen LogP contribution in [-0.4, -0.2) is 65.8 Å². The summed E-state index contributed by atoms with van der Waals surface area (Å²) in [7, 11) is 0. The van der Waals surface area contributed by atoms with Crippen LogP contribution in [0.5, 0.6) is 0 Å². The number of hydrogen-bond donors (Lipinski definition) is 1. The first kappa shape index (κ1) is 17.4. The van der Waals surface area contributed by atoms with Crippen LogP contribution in [0.3, 0.4) is 0 Å². The summed E-state index contributed by atoms with van der Waals surface area (Å²) in [6, 6.07) is 10.0. The van der Waals surface area contributed by atoms with Gasteiger partial charge < -0.3 is 14.7 Å². The standard InChI is InChI=1S/C19H28N2O3/c22-18(15-20-10-12-24-13-11-20)21(14-17-6-2-1-3-7-17)16-19(23)8-4-5-9-19/h1-3,6-7,23H,4-5,8-16H2. The Labute approximate surface area is 144 Å². The van der Waals surface area contributed by atoms with E-state index in [1.807, 2.05) is 35.2 Å². The van der Waals surface area contributed by atoms with Crippen LogP contribution in [0.1, 0.15) is 31.2 Å². The number of nitrogens with zero attached hydrogens (tertiary/aromatic N) is 2. The minimum absolute atomic E-state index is 0.0982. The summed E-state index contributed by atoms with van der Waals surface area (Å²) in [6.07, 6.45) is 3.69. The number of hydrogen-bond acceptors (Lipinski definition) is 4. The number of ether oxygens (including phenoxy) is 1. The fourth-order valence-corrected chi connectivity index (χ4v) is 3.63. The molecule has 1 amide bonds. The van der Waals surface area contributed by atoms with E-state index >= 15 is 0 Å². The van der Waals surface area contributed by atoms with Gasteiger partial charge in [0.15, 0.2) is 0 Å². The summed E-state index contributed by atoms with van der Waals surface area (Å²) in [5, 5.41) is 10.8. The maximum Gasteiger partial charge on any atom is 0.237 e. The van der Waals surface area contributed by atoms with Crippen LogP contribution in [0.2, 0.25) is 0 Å². The summed E-state index contributed by atoms with van der Waals surface area (Å²) < 4.78 is 5.35. The van der Waals surface area contributed by atoms with Gasteiger partial charge in [-0.2, -0.15) is 0 Å². The van der Waals surface area contributed by atoms with Crippen LogP contribution in [0.25, 0.3) is 0 Å². The van der Waals surface area contributed by atoms with Gasteiger partial charge in [0.05, 0.1) is 25.4 Å². The predicted octanol–water partition coefficient (Wildman–Crippen LogP) is 1.65. The highest BCUT2D eigenvalue weighted by molar-refractivity contribution is 5.78. The molecule has 5 nitrogen and oxygen atoms in total. The molecule has 1 aliphatic carbocycles. The topological polar surface area (TPSA) is 53.0 Å². The Kier molecular flexibility index (Phi) is 5.87. The van der Waals surface area contributed by atoms with Crippen molar-refractivity contribution in [3.05, 3.63) is 35.9 Å². The van der Waals surface area contributed by atoms with Crippen molar-refractivity contribution in [3.63, 3.8) is 0 Å². The molecule has 1 saturated carbocycles. The molecule has 1 heterocycles. The third kappa shape index (κ3) is 4.79. The van der Waals surface area contributed by atoms with Crippen molar-refractivity contribution in [2.45, 2.75) is 37.8 Å². The van der Waals surface area contributed by atoms with Gasteiger partial charge in [0.1, 0.15) is 0 Å². The van der Waals surface area contributed by atoms with Crippen LogP contribution in [0.4, 0.5) is 0 Å². The van der Waals surface area contributed by atoms with E-state index in [2.05, 4.69) is 4.90 Å². The Bertz CT molecular complexity index is 523. The fraction of sp³-hybridized carbons (Fsp3) is 0.632. The van der Waals surface area contributed by atoms with E-state index in [1.54, 1.807) is 0 Å². The lowest BCUT2D eigenvalue weighted by Gasteiger charge is -2.34. The van der Waals surface area contributed by atoms with Gasteiger partial charge in [0, 0.05) is 26.2 Å². The summed E-state index contributed by atoms with van der Waals surface area (Å²) in [4.78, 5) is 16.9. The molecular weight excluding hydrogens is 304 g/mol. The first-order chi connectivity index (χ1) is 11.6. The van der Waals surface area contributed by atoms with Crippen molar-refractivity contribution >= 4 is 5.91 Å². The van der Waals surface area contributed by atoms with Crippen LogP contribution < -0.4 is 0 Å². The lowest BCUT2D eigenvalue weighted by Crippen LogP contribution is -2.49. The molecule has 132 valence electrons. The van der Waals surface area contributed by atoms with Crippen LogP contribution in [0.15, 0.2) is 30.3 Å². The van der Waals surface area contributed by atoms with Crippen LogP contribution in [-0.2, 0) is 16.1 Å². The summed E-state index contributed by atoms with van der Waals surface area (Å²) in [6.45, 7) is 4.39. The van der Waals surface area contributed by atoms with Gasteiger partial charge in [0.25, 0.3) is 0 Å². The van der Waals surface area contributed by atoms with E-state index in [1.165, 1.54) is 0 Å². The highest BCUT2D eigenvalue weighted by atomic mass is 16.5. The minimum Gasteiger partial charge on any atom is -0.388 e. The van der Waals surface area contributed by atoms with Crippen molar-refractivity contribution in [1.82, 2.24) is 9.80 Å². The predicted molar refractivity (Wildman–Crippen MR) is 92.5 cm³/mol. The summed E-state index contributed by atoms with van der Waals surface area (Å²) in [5.74, 6) is 0.0982. The number of benzene rings is 1. The molecule has 0 unspecified atom stereocenters. The van der Waals surface area contributed by atoms with Gasteiger partial charge in [-0.1, -0.05) is 43.2 Å². The Hall–Kier alpha value is -1.43. The molecule has 1 N–H and O–H groups in total. The minimum atomic E-state index is -0.713. The Morgan fingerprint density at radius 3 is 2.50 bits per heavy atom. The van der Waals surface area contributed by atoms with Crippen molar-refractivity contribution in [2.75, 3.05) is 39.4 Å². The van der Waals surface area contributed by atoms with Gasteiger partial charge in [0.2, 0.25) is 5.91 Å². The maximum absolute atomic E-state index is 12.9. The van der Waals surface area contributed by atoms with Crippen molar-refractivity contribution < 1.29 is 14.6 Å². The average molecular weight is 332 g/mol. The second kappa shape index (κ2) is 8.10. The third-order valence-corrected chi connectivity index (χ3v) is 5.05. The molecule has 24 heavy (non-hydrogen) atoms. The monoisotopic (exact) mass is 332 g/mol. The fourth-order valence-electron chi connectivity index (χ4n) is 3.63. The van der Waals surface area contributed by atoms with E-state index in [0.717, 1.165) is 44.3 Å². The molecule has 1 aliphatic heterocycles. The molecule has 1 saturated heterocycles. The van der Waals surface area contributed by atoms with Gasteiger partial charge in [-0.3, -0.25) is 9.69 Å². The lowest BCUT2D eigenvalue weighted by molar-refractivity contribution is -0.137. The molecule has 0 spiro atoms. The highest BCUT2D eigenvalue weighted by Crippen LogP contribution is 2.30. The van der Waals surface area contributed by atoms with Crippen LogP contribution >= 0.6 is 0 Å². The second-order valence-corrected chi connectivity index (χ2v) is 7.06. The molecule has 0 bridgehead atoms. The molecule has 0 atom stereocenters. The van der Waals surface area contributed by atoms with E-state index in [-0.39, 0.29) is 5.91 Å². The molecule has 3 rings (SSSR count). The van der Waals surface area contributed by atoms with Gasteiger partial charge in [-0.15, -0.1) is 0 Å². The van der Waals surface area contributed by atoms with E-state index in [0.29, 0.717) is 32.8 Å². The molecule has 1 aromatic rings. The van der Waals surface area contributed by atoms with Crippen molar-refractivity contribution in [2.24, 2.45) is 0 Å². The SMILES string of the molecule is O=C(CN1CCOCC1)N(Cc1ccccc1)CC1(O)CCCC1. The number of aliphatic hydroxyl groups is 1. The first-order valence-electron chi connectivity index (χ1n) is 8.99. The molecule has 2 fully saturated rings. The largest absolute Gasteiger partial charge is 0.388 e. The molecule has 2 aliphatic rings. The summed E-state index contributed by atoms with van der Waals surface area (Å²) in [5.41, 5.74) is 0.393. The zero-order valence-corrected chi connectivity index (χ0v) is 14.3. The normalized spacial score (nSPS) is 20.9. The zero-order valence-electron chi connectivity index (χ0n) is 14.3. The number of morpholine rings is 1. The van der Waals surface area contributed by atoms with Gasteiger partial charge in [-0.25, -0.2) is 0 Å². The number of rotatable bonds is 6. The smallest absolute Gasteiger partial charge is 0.237 e. The molecule has 0 aromatic heterocycles. The number of carbonyl (C=O) groups excluding carboxylic acids is 1. The van der Waals surface area contributed by atoms with Gasteiger partial charge >= 0.3 is 0 Å². The molecule has 5 heteroatoms. The van der Waals surface area contributed by atoms with Crippen LogP contribution in [0, 0.1) is 0 Å². The van der Waals surface area contributed by atoms with Gasteiger partial charge in [-0.05, 0) is 18.4 Å². The lowest BCUT2D eigenvalue weighted by atomic mass is 10.0. The average Bonchev–Trinajstić information content (AvgIpc) is 3.02. The highest BCUT2D eigenvalue weighted by Gasteiger charge is 2.35. The maximum atomic E-state index is 12.9.